The SMILES string of the molecule is C[As](C)CCOc1c(-c2ccccc2)n(S(=O)(=O)c2ccccc2)c2ccccc12. The van der Waals surface area contributed by atoms with Gasteiger partial charge in [-0.2, -0.15) is 0 Å². The molecule has 0 aliphatic carbocycles. The summed E-state index contributed by atoms with van der Waals surface area (Å²) in [4.78, 5) is 0.254. The van der Waals surface area contributed by atoms with Crippen LogP contribution < -0.4 is 4.74 Å². The average molecular weight is 481 g/mol. The number of hydrogen-bond donors (Lipinski definition) is 0. The zero-order valence-corrected chi connectivity index (χ0v) is 19.7. The molecule has 4 nitrogen and oxygen atoms in total. The normalized spacial score (nSPS) is 11.8. The van der Waals surface area contributed by atoms with Gasteiger partial charge in [0.15, 0.2) is 0 Å². The molecule has 0 unspecified atom stereocenters. The zero-order chi connectivity index (χ0) is 21.1. The Bertz CT molecular complexity index is 1250. The number of aromatic nitrogens is 1. The number of benzene rings is 3. The van der Waals surface area contributed by atoms with Crippen LogP contribution in [0.1, 0.15) is 0 Å². The Labute approximate surface area is 182 Å². The zero-order valence-electron chi connectivity index (χ0n) is 17.0. The molecule has 0 N–H and O–H groups in total. The van der Waals surface area contributed by atoms with Gasteiger partial charge in [-0.1, -0.05) is 0 Å². The molecule has 0 spiro atoms. The second-order valence-electron chi connectivity index (χ2n) is 7.30. The van der Waals surface area contributed by atoms with Crippen LogP contribution in [0.15, 0.2) is 89.8 Å². The van der Waals surface area contributed by atoms with Crippen molar-refractivity contribution in [2.24, 2.45) is 0 Å². The van der Waals surface area contributed by atoms with Crippen molar-refractivity contribution in [3.05, 3.63) is 84.9 Å². The number of ether oxygens (including phenoxy) is 1. The molecule has 0 radical (unpaired) electrons. The van der Waals surface area contributed by atoms with Crippen LogP contribution in [0.2, 0.25) is 16.6 Å². The van der Waals surface area contributed by atoms with Crippen LogP contribution in [0.25, 0.3) is 22.2 Å². The third kappa shape index (κ3) is 3.92. The van der Waals surface area contributed by atoms with Gasteiger partial charge in [-0.25, -0.2) is 0 Å². The summed E-state index contributed by atoms with van der Waals surface area (Å²) in [5, 5.41) is 1.84. The number of fused-ring (bicyclic) bond motifs is 1. The molecule has 6 heteroatoms. The van der Waals surface area contributed by atoms with E-state index in [1.165, 1.54) is 3.97 Å². The molecule has 0 atom stereocenters. The van der Waals surface area contributed by atoms with Crippen LogP contribution in [0.3, 0.4) is 0 Å². The van der Waals surface area contributed by atoms with Crippen molar-refractivity contribution in [1.29, 1.82) is 0 Å². The van der Waals surface area contributed by atoms with Crippen LogP contribution in [-0.2, 0) is 10.0 Å². The molecule has 0 fully saturated rings. The van der Waals surface area contributed by atoms with Gasteiger partial charge in [-0.3, -0.25) is 0 Å². The Hall–Kier alpha value is -2.49. The van der Waals surface area contributed by atoms with Gasteiger partial charge in [0, 0.05) is 0 Å². The van der Waals surface area contributed by atoms with Crippen LogP contribution in [-0.4, -0.2) is 33.6 Å². The second kappa shape index (κ2) is 8.71. The van der Waals surface area contributed by atoms with Gasteiger partial charge in [0.1, 0.15) is 0 Å². The minimum atomic E-state index is -3.82. The van der Waals surface area contributed by atoms with Crippen molar-refractivity contribution in [1.82, 2.24) is 3.97 Å². The summed E-state index contributed by atoms with van der Waals surface area (Å²) >= 11 is -0.853. The molecule has 0 bridgehead atoms. The summed E-state index contributed by atoms with van der Waals surface area (Å²) in [5.41, 5.74) is 6.59. The van der Waals surface area contributed by atoms with E-state index in [4.69, 9.17) is 4.74 Å². The number of hydrogen-bond acceptors (Lipinski definition) is 3. The first-order valence-electron chi connectivity index (χ1n) is 9.77. The van der Waals surface area contributed by atoms with E-state index in [2.05, 4.69) is 11.4 Å². The molecule has 0 saturated heterocycles. The fourth-order valence-electron chi connectivity index (χ4n) is 3.45. The van der Waals surface area contributed by atoms with Gasteiger partial charge in [0.05, 0.1) is 0 Å². The van der Waals surface area contributed by atoms with E-state index < -0.39 is 24.7 Å². The monoisotopic (exact) mass is 481 g/mol. The average Bonchev–Trinajstić information content (AvgIpc) is 3.10. The summed E-state index contributed by atoms with van der Waals surface area (Å²) in [5.74, 6) is 0.632. The van der Waals surface area contributed by atoms with Gasteiger partial charge in [0.2, 0.25) is 0 Å². The number of nitrogens with zero attached hydrogens (tertiary/aromatic N) is 1. The second-order valence-corrected chi connectivity index (χ2v) is 14.6. The molecule has 0 aliphatic heterocycles. The Morgan fingerprint density at radius 2 is 1.43 bits per heavy atom. The standard InChI is InChI=1S/C24H24AsNO3S/c1-25(2)17-18-29-24-21-15-9-10-16-22(21)26(23(24)19-11-5-3-6-12-19)30(27,28)20-13-7-4-8-14-20/h3-16H,17-18H2,1-2H3. The molecule has 0 amide bonds. The molecule has 0 saturated carbocycles. The molecular weight excluding hydrogens is 457 g/mol. The third-order valence-corrected chi connectivity index (χ3v) is 8.89. The molecule has 30 heavy (non-hydrogen) atoms. The number of para-hydroxylation sites is 1. The summed E-state index contributed by atoms with van der Waals surface area (Å²) in [7, 11) is -3.82. The van der Waals surface area contributed by atoms with Gasteiger partial charge >= 0.3 is 183 Å². The Morgan fingerprint density at radius 1 is 0.833 bits per heavy atom. The summed E-state index contributed by atoms with van der Waals surface area (Å²) < 4.78 is 35.2. The van der Waals surface area contributed by atoms with Crippen LogP contribution in [0.4, 0.5) is 0 Å². The fraction of sp³-hybridized carbons (Fsp3) is 0.167. The molecule has 4 rings (SSSR count). The van der Waals surface area contributed by atoms with Crippen LogP contribution in [0, 0.1) is 0 Å². The molecule has 1 aromatic heterocycles. The van der Waals surface area contributed by atoms with Gasteiger partial charge in [-0.05, 0) is 0 Å². The van der Waals surface area contributed by atoms with Gasteiger partial charge in [0.25, 0.3) is 0 Å². The summed E-state index contributed by atoms with van der Waals surface area (Å²) in [6, 6.07) is 25.7. The summed E-state index contributed by atoms with van der Waals surface area (Å²) in [6.07, 6.45) is 0. The Kier molecular flexibility index (Phi) is 6.03. The molecule has 4 aromatic rings. The van der Waals surface area contributed by atoms with E-state index in [1.807, 2.05) is 60.7 Å². The van der Waals surface area contributed by atoms with E-state index in [9.17, 15) is 8.42 Å². The van der Waals surface area contributed by atoms with Crippen molar-refractivity contribution >= 4 is 35.6 Å². The van der Waals surface area contributed by atoms with Gasteiger partial charge < -0.3 is 0 Å². The van der Waals surface area contributed by atoms with Crippen molar-refractivity contribution in [2.45, 2.75) is 21.5 Å². The first-order chi connectivity index (χ1) is 14.5. The molecular formula is C24H24AsNO3S. The van der Waals surface area contributed by atoms with E-state index >= 15 is 0 Å². The minimum absolute atomic E-state index is 0.254. The van der Waals surface area contributed by atoms with E-state index in [0.29, 0.717) is 23.6 Å². The summed E-state index contributed by atoms with van der Waals surface area (Å²) in [6.45, 7) is 0.590. The van der Waals surface area contributed by atoms with Gasteiger partial charge in [-0.15, -0.1) is 0 Å². The maximum atomic E-state index is 13.8. The van der Waals surface area contributed by atoms with Crippen molar-refractivity contribution in [3.8, 4) is 17.0 Å². The van der Waals surface area contributed by atoms with Crippen LogP contribution in [0.5, 0.6) is 5.75 Å². The fourth-order valence-corrected chi connectivity index (χ4v) is 5.97. The van der Waals surface area contributed by atoms with E-state index in [1.54, 1.807) is 24.3 Å². The quantitative estimate of drug-likeness (QED) is 0.319. The predicted molar refractivity (Wildman–Crippen MR) is 124 cm³/mol. The van der Waals surface area contributed by atoms with Crippen LogP contribution >= 0.6 is 0 Å². The first-order valence-corrected chi connectivity index (χ1v) is 16.3. The molecule has 0 aliphatic rings. The predicted octanol–water partition coefficient (Wildman–Crippen LogP) is 5.68. The maximum absolute atomic E-state index is 13.8. The Balaban J connectivity index is 2.02. The molecule has 3 aromatic carbocycles. The van der Waals surface area contributed by atoms with Crippen molar-refractivity contribution in [3.63, 3.8) is 0 Å². The van der Waals surface area contributed by atoms with E-state index in [-0.39, 0.29) is 4.90 Å². The molecule has 154 valence electrons. The van der Waals surface area contributed by atoms with Crippen molar-refractivity contribution < 1.29 is 13.2 Å². The Morgan fingerprint density at radius 3 is 2.10 bits per heavy atom. The topological polar surface area (TPSA) is 48.3 Å². The third-order valence-electron chi connectivity index (χ3n) is 4.90. The van der Waals surface area contributed by atoms with E-state index in [0.717, 1.165) is 16.2 Å². The molecule has 1 heterocycles. The first kappa shape index (κ1) is 20.8. The number of rotatable bonds is 7. The van der Waals surface area contributed by atoms with Crippen molar-refractivity contribution in [2.75, 3.05) is 6.61 Å².